The van der Waals surface area contributed by atoms with Crippen molar-refractivity contribution in [1.82, 2.24) is 0 Å². The molecule has 1 N–H and O–H groups in total. The van der Waals surface area contributed by atoms with Crippen molar-refractivity contribution >= 4 is 12.0 Å². The molecule has 21 heavy (non-hydrogen) atoms. The van der Waals surface area contributed by atoms with E-state index in [1.54, 1.807) is 13.1 Å². The van der Waals surface area contributed by atoms with Crippen LogP contribution in [-0.4, -0.2) is 28.8 Å². The molecule has 2 saturated carbocycles. The minimum absolute atomic E-state index is 0.115. The fourth-order valence-electron chi connectivity index (χ4n) is 4.08. The van der Waals surface area contributed by atoms with E-state index in [1.807, 2.05) is 0 Å². The normalized spacial score (nSPS) is 40.7. The lowest BCUT2D eigenvalue weighted by molar-refractivity contribution is -0.184. The highest BCUT2D eigenvalue weighted by Crippen LogP contribution is 2.50. The molecule has 0 heterocycles. The largest absolute Gasteiger partial charge is 0.388 e. The quantitative estimate of drug-likeness (QED) is 0.492. The summed E-state index contributed by atoms with van der Waals surface area (Å²) in [5.74, 6) is 1.23. The van der Waals surface area contributed by atoms with Crippen LogP contribution in [0.3, 0.4) is 0 Å². The summed E-state index contributed by atoms with van der Waals surface area (Å²) in [7, 11) is 0. The number of hydrogen-bond donors (Lipinski definition) is 1. The molecule has 2 aliphatic carbocycles. The molecule has 2 rings (SSSR count). The molecule has 0 saturated heterocycles. The van der Waals surface area contributed by atoms with Gasteiger partial charge in [-0.25, -0.2) is 0 Å². The lowest BCUT2D eigenvalue weighted by Crippen LogP contribution is -2.54. The molecule has 0 amide bonds. The number of carbonyl (C=O) groups excluding carboxylic acids is 1. The summed E-state index contributed by atoms with van der Waals surface area (Å²) in [5.41, 5.74) is 0.476. The molecule has 0 aromatic carbocycles. The fourth-order valence-corrected chi connectivity index (χ4v) is 4.08. The SMILES string of the molecule is C=C(C)[C@H]1CC(C)C(C2(O/N=C/C)CCC(=O)C[C@H]2O)C1. The predicted octanol–water partition coefficient (Wildman–Crippen LogP) is 3.10. The predicted molar refractivity (Wildman–Crippen MR) is 83.0 cm³/mol. The lowest BCUT2D eigenvalue weighted by atomic mass is 9.69. The van der Waals surface area contributed by atoms with E-state index in [-0.39, 0.29) is 18.1 Å². The van der Waals surface area contributed by atoms with Gasteiger partial charge in [-0.2, -0.15) is 0 Å². The standard InChI is InChI=1S/C17H27NO3/c1-5-18-21-17(7-6-14(19)10-16(17)20)15-9-13(11(2)3)8-12(15)4/h5,12-13,15-16,20H,2,6-10H2,1,3-4H3/b18-5+/t12?,13-,15?,16+,17?/m0/s1. The summed E-state index contributed by atoms with van der Waals surface area (Å²) in [4.78, 5) is 17.4. The number of rotatable bonds is 4. The van der Waals surface area contributed by atoms with Gasteiger partial charge in [0.1, 0.15) is 11.9 Å². The van der Waals surface area contributed by atoms with Crippen LogP contribution in [0.5, 0.6) is 0 Å². The molecule has 4 nitrogen and oxygen atoms in total. The number of aliphatic hydroxyl groups excluding tert-OH is 1. The van der Waals surface area contributed by atoms with Gasteiger partial charge in [0, 0.05) is 25.0 Å². The number of Topliss-reactive ketones (excluding diaryl/α,β-unsaturated/α-hetero) is 1. The van der Waals surface area contributed by atoms with Gasteiger partial charge in [0.25, 0.3) is 0 Å². The number of hydrogen-bond acceptors (Lipinski definition) is 4. The molecule has 0 aromatic heterocycles. The van der Waals surface area contributed by atoms with Crippen LogP contribution in [0.1, 0.15) is 52.9 Å². The van der Waals surface area contributed by atoms with Crippen molar-refractivity contribution in [2.75, 3.05) is 0 Å². The summed E-state index contributed by atoms with van der Waals surface area (Å²) in [6.07, 6.45) is 4.07. The maximum absolute atomic E-state index is 11.6. The summed E-state index contributed by atoms with van der Waals surface area (Å²) >= 11 is 0. The summed E-state index contributed by atoms with van der Waals surface area (Å²) < 4.78 is 0. The van der Waals surface area contributed by atoms with E-state index >= 15 is 0 Å². The lowest BCUT2D eigenvalue weighted by Gasteiger charge is -2.44. The molecule has 0 radical (unpaired) electrons. The Labute approximate surface area is 127 Å². The van der Waals surface area contributed by atoms with Crippen LogP contribution in [0.4, 0.5) is 0 Å². The van der Waals surface area contributed by atoms with Gasteiger partial charge in [0.05, 0.1) is 0 Å². The second-order valence-corrected chi connectivity index (χ2v) is 6.77. The Kier molecular flexibility index (Phi) is 4.87. The molecule has 2 aliphatic rings. The van der Waals surface area contributed by atoms with Gasteiger partial charge in [-0.1, -0.05) is 24.2 Å². The van der Waals surface area contributed by atoms with Gasteiger partial charge < -0.3 is 9.94 Å². The molecule has 4 heteroatoms. The van der Waals surface area contributed by atoms with Crippen LogP contribution in [-0.2, 0) is 9.63 Å². The molecule has 3 unspecified atom stereocenters. The van der Waals surface area contributed by atoms with Crippen LogP contribution in [0.15, 0.2) is 17.3 Å². The average Bonchev–Trinajstić information content (AvgIpc) is 2.81. The highest BCUT2D eigenvalue weighted by Gasteiger charge is 2.55. The first kappa shape index (κ1) is 16.2. The van der Waals surface area contributed by atoms with E-state index in [0.29, 0.717) is 24.7 Å². The molecular weight excluding hydrogens is 266 g/mol. The van der Waals surface area contributed by atoms with Crippen molar-refractivity contribution in [3.63, 3.8) is 0 Å². The van der Waals surface area contributed by atoms with Crippen molar-refractivity contribution in [1.29, 1.82) is 0 Å². The Morgan fingerprint density at radius 3 is 2.76 bits per heavy atom. The minimum Gasteiger partial charge on any atom is -0.388 e. The van der Waals surface area contributed by atoms with E-state index < -0.39 is 11.7 Å². The Morgan fingerprint density at radius 2 is 2.24 bits per heavy atom. The van der Waals surface area contributed by atoms with E-state index in [1.165, 1.54) is 5.57 Å². The summed E-state index contributed by atoms with van der Waals surface area (Å²) in [6.45, 7) is 10.1. The summed E-state index contributed by atoms with van der Waals surface area (Å²) in [5, 5.41) is 14.6. The van der Waals surface area contributed by atoms with E-state index in [2.05, 4.69) is 25.6 Å². The topological polar surface area (TPSA) is 58.9 Å². The van der Waals surface area contributed by atoms with Crippen molar-refractivity contribution in [3.05, 3.63) is 12.2 Å². The monoisotopic (exact) mass is 293 g/mol. The van der Waals surface area contributed by atoms with Gasteiger partial charge in [-0.15, -0.1) is 0 Å². The van der Waals surface area contributed by atoms with Crippen LogP contribution in [0, 0.1) is 17.8 Å². The van der Waals surface area contributed by atoms with Crippen LogP contribution in [0.2, 0.25) is 0 Å². The number of ketones is 1. The Bertz CT molecular complexity index is 445. The third-order valence-electron chi connectivity index (χ3n) is 5.31. The van der Waals surface area contributed by atoms with Crippen LogP contribution in [0.25, 0.3) is 0 Å². The van der Waals surface area contributed by atoms with Crippen molar-refractivity contribution in [2.45, 2.75) is 64.6 Å². The second-order valence-electron chi connectivity index (χ2n) is 6.77. The number of nitrogens with zero attached hydrogens (tertiary/aromatic N) is 1. The first-order chi connectivity index (χ1) is 9.90. The number of aliphatic hydroxyl groups is 1. The molecule has 0 spiro atoms. The van der Waals surface area contributed by atoms with Crippen molar-refractivity contribution < 1.29 is 14.7 Å². The van der Waals surface area contributed by atoms with E-state index in [4.69, 9.17) is 4.84 Å². The molecule has 0 aliphatic heterocycles. The average molecular weight is 293 g/mol. The Morgan fingerprint density at radius 1 is 1.52 bits per heavy atom. The van der Waals surface area contributed by atoms with Gasteiger partial charge in [0.15, 0.2) is 5.60 Å². The smallest absolute Gasteiger partial charge is 0.167 e. The number of carbonyl (C=O) groups is 1. The highest BCUT2D eigenvalue weighted by atomic mass is 16.7. The zero-order chi connectivity index (χ0) is 15.6. The first-order valence-electron chi connectivity index (χ1n) is 7.92. The number of oxime groups is 1. The van der Waals surface area contributed by atoms with Crippen molar-refractivity contribution in [3.8, 4) is 0 Å². The second kappa shape index (κ2) is 6.30. The minimum atomic E-state index is -0.765. The molecule has 5 atom stereocenters. The zero-order valence-electron chi connectivity index (χ0n) is 13.3. The third kappa shape index (κ3) is 3.05. The Hall–Kier alpha value is -1.16. The van der Waals surface area contributed by atoms with Gasteiger partial charge in [0.2, 0.25) is 0 Å². The molecule has 0 aromatic rings. The zero-order valence-corrected chi connectivity index (χ0v) is 13.3. The summed E-state index contributed by atoms with van der Waals surface area (Å²) in [6, 6.07) is 0. The van der Waals surface area contributed by atoms with Crippen molar-refractivity contribution in [2.24, 2.45) is 22.9 Å². The van der Waals surface area contributed by atoms with E-state index in [0.717, 1.165) is 12.8 Å². The van der Waals surface area contributed by atoms with Gasteiger partial charge in [-0.05, 0) is 44.9 Å². The maximum Gasteiger partial charge on any atom is 0.167 e. The van der Waals surface area contributed by atoms with Crippen LogP contribution < -0.4 is 0 Å². The molecule has 0 bridgehead atoms. The van der Waals surface area contributed by atoms with Gasteiger partial charge >= 0.3 is 0 Å². The van der Waals surface area contributed by atoms with Crippen LogP contribution >= 0.6 is 0 Å². The molecular formula is C17H27NO3. The third-order valence-corrected chi connectivity index (χ3v) is 5.31. The van der Waals surface area contributed by atoms with E-state index in [9.17, 15) is 9.90 Å². The highest BCUT2D eigenvalue weighted by molar-refractivity contribution is 5.80. The fraction of sp³-hybridized carbons (Fsp3) is 0.765. The number of allylic oxidation sites excluding steroid dienone is 1. The maximum atomic E-state index is 11.6. The van der Waals surface area contributed by atoms with Gasteiger partial charge in [-0.3, -0.25) is 4.79 Å². The first-order valence-corrected chi connectivity index (χ1v) is 7.92. The molecule has 2 fully saturated rings. The Balaban J connectivity index is 2.27. The molecule has 118 valence electrons.